The Morgan fingerprint density at radius 1 is 1.13 bits per heavy atom. The number of aromatic nitrogens is 3. The molecule has 0 atom stereocenters. The van der Waals surface area contributed by atoms with E-state index in [9.17, 15) is 4.79 Å². The van der Waals surface area contributed by atoms with Crippen LogP contribution < -0.4 is 0 Å². The van der Waals surface area contributed by atoms with E-state index >= 15 is 0 Å². The van der Waals surface area contributed by atoms with Gasteiger partial charge < -0.3 is 9.42 Å². The Morgan fingerprint density at radius 2 is 1.90 bits per heavy atom. The van der Waals surface area contributed by atoms with Gasteiger partial charge in [-0.1, -0.05) is 47.1 Å². The van der Waals surface area contributed by atoms with Gasteiger partial charge in [0.2, 0.25) is 0 Å². The quantitative estimate of drug-likeness (QED) is 0.635. The summed E-state index contributed by atoms with van der Waals surface area (Å²) < 4.78 is 7.10. The molecule has 1 aromatic carbocycles. The van der Waals surface area contributed by atoms with Crippen LogP contribution in [0.25, 0.3) is 11.3 Å². The van der Waals surface area contributed by atoms with Gasteiger partial charge in [-0.25, -0.2) is 0 Å². The van der Waals surface area contributed by atoms with E-state index in [1.807, 2.05) is 49.2 Å². The molecule has 1 saturated heterocycles. The van der Waals surface area contributed by atoms with Crippen molar-refractivity contribution in [1.82, 2.24) is 24.7 Å². The smallest absolute Gasteiger partial charge is 0.259 e. The lowest BCUT2D eigenvalue weighted by molar-refractivity contribution is 0.0760. The van der Waals surface area contributed by atoms with E-state index in [1.54, 1.807) is 11.6 Å². The van der Waals surface area contributed by atoms with Crippen molar-refractivity contribution in [2.75, 3.05) is 26.2 Å². The fraction of sp³-hybridized carbons (Fsp3) is 0.409. The molecule has 0 bridgehead atoms. The van der Waals surface area contributed by atoms with E-state index in [4.69, 9.17) is 16.1 Å². The van der Waals surface area contributed by atoms with Gasteiger partial charge in [0.05, 0.1) is 5.69 Å². The molecule has 0 aliphatic carbocycles. The normalized spacial score (nSPS) is 15.4. The molecule has 0 radical (unpaired) electrons. The lowest BCUT2D eigenvalue weighted by Crippen LogP contribution is -2.35. The third kappa shape index (κ3) is 4.00. The third-order valence-corrected chi connectivity index (χ3v) is 6.12. The van der Waals surface area contributed by atoms with Crippen LogP contribution in [0.1, 0.15) is 33.8 Å². The van der Waals surface area contributed by atoms with E-state index in [0.29, 0.717) is 35.3 Å². The van der Waals surface area contributed by atoms with Crippen molar-refractivity contribution in [3.05, 3.63) is 58.1 Å². The highest BCUT2D eigenvalue weighted by molar-refractivity contribution is 6.30. The van der Waals surface area contributed by atoms with Gasteiger partial charge in [-0.3, -0.25) is 14.4 Å². The Balaban J connectivity index is 1.49. The average Bonchev–Trinajstić information content (AvgIpc) is 3.12. The molecule has 0 spiro atoms. The lowest BCUT2D eigenvalue weighted by Gasteiger charge is -2.22. The second-order valence-electron chi connectivity index (χ2n) is 7.73. The molecular formula is C22H26ClN5O2. The Hall–Kier alpha value is -2.64. The predicted molar refractivity (Wildman–Crippen MR) is 115 cm³/mol. The molecule has 0 saturated carbocycles. The second-order valence-corrected chi connectivity index (χ2v) is 8.09. The van der Waals surface area contributed by atoms with Crippen LogP contribution in [0.5, 0.6) is 0 Å². The highest BCUT2D eigenvalue weighted by Crippen LogP contribution is 2.27. The number of benzene rings is 1. The SMILES string of the molecule is Cc1nn(C)c(Cl)c1CN1CCCN(C(=O)c2c(-c3ccccc3)noc2C)CC1. The summed E-state index contributed by atoms with van der Waals surface area (Å²) in [7, 11) is 1.85. The van der Waals surface area contributed by atoms with E-state index in [0.717, 1.165) is 42.9 Å². The number of carbonyl (C=O) groups excluding carboxylic acids is 1. The minimum Gasteiger partial charge on any atom is -0.360 e. The zero-order chi connectivity index (χ0) is 21.3. The van der Waals surface area contributed by atoms with Crippen molar-refractivity contribution >= 4 is 17.5 Å². The molecule has 8 heteroatoms. The number of carbonyl (C=O) groups is 1. The van der Waals surface area contributed by atoms with Crippen LogP contribution in [0.3, 0.4) is 0 Å². The maximum absolute atomic E-state index is 13.4. The molecule has 0 unspecified atom stereocenters. The highest BCUT2D eigenvalue weighted by atomic mass is 35.5. The first-order chi connectivity index (χ1) is 14.5. The first-order valence-corrected chi connectivity index (χ1v) is 10.5. The molecule has 30 heavy (non-hydrogen) atoms. The highest BCUT2D eigenvalue weighted by Gasteiger charge is 2.28. The van der Waals surface area contributed by atoms with Crippen LogP contribution in [-0.2, 0) is 13.6 Å². The standard InChI is InChI=1S/C22H26ClN5O2/c1-15-18(21(23)26(3)24-15)14-27-10-7-11-28(13-12-27)22(29)19-16(2)30-25-20(19)17-8-5-4-6-9-17/h4-6,8-9H,7,10-14H2,1-3H3. The van der Waals surface area contributed by atoms with Crippen molar-refractivity contribution in [1.29, 1.82) is 0 Å². The van der Waals surface area contributed by atoms with Gasteiger partial charge in [0.25, 0.3) is 5.91 Å². The molecule has 7 nitrogen and oxygen atoms in total. The van der Waals surface area contributed by atoms with Gasteiger partial charge in [-0.05, 0) is 20.3 Å². The first-order valence-electron chi connectivity index (χ1n) is 10.2. The number of halogens is 1. The maximum atomic E-state index is 13.4. The minimum absolute atomic E-state index is 0.0231. The lowest BCUT2D eigenvalue weighted by atomic mass is 10.1. The van der Waals surface area contributed by atoms with E-state index < -0.39 is 0 Å². The monoisotopic (exact) mass is 427 g/mol. The molecule has 1 aliphatic heterocycles. The molecule has 1 amide bonds. The van der Waals surface area contributed by atoms with E-state index in [2.05, 4.69) is 15.2 Å². The van der Waals surface area contributed by atoms with Crippen LogP contribution in [-0.4, -0.2) is 56.8 Å². The summed E-state index contributed by atoms with van der Waals surface area (Å²) in [6.45, 7) is 7.55. The van der Waals surface area contributed by atoms with Crippen molar-refractivity contribution in [2.45, 2.75) is 26.8 Å². The topological polar surface area (TPSA) is 67.4 Å². The Bertz CT molecular complexity index is 1040. The van der Waals surface area contributed by atoms with Crippen LogP contribution in [0.4, 0.5) is 0 Å². The van der Waals surface area contributed by atoms with Crippen LogP contribution in [0.2, 0.25) is 5.15 Å². The molecule has 3 aromatic rings. The van der Waals surface area contributed by atoms with Crippen molar-refractivity contribution in [3.63, 3.8) is 0 Å². The van der Waals surface area contributed by atoms with Gasteiger partial charge >= 0.3 is 0 Å². The van der Waals surface area contributed by atoms with E-state index in [1.165, 1.54) is 0 Å². The first kappa shape index (κ1) is 20.6. The fourth-order valence-electron chi connectivity index (χ4n) is 3.98. The molecule has 3 heterocycles. The largest absolute Gasteiger partial charge is 0.360 e. The second kappa shape index (κ2) is 8.62. The van der Waals surface area contributed by atoms with Crippen LogP contribution in [0.15, 0.2) is 34.9 Å². The maximum Gasteiger partial charge on any atom is 0.259 e. The minimum atomic E-state index is -0.0231. The number of amides is 1. The van der Waals surface area contributed by atoms with Crippen molar-refractivity contribution in [3.8, 4) is 11.3 Å². The number of rotatable bonds is 4. The zero-order valence-corrected chi connectivity index (χ0v) is 18.3. The Kier molecular flexibility index (Phi) is 5.92. The third-order valence-electron chi connectivity index (χ3n) is 5.65. The summed E-state index contributed by atoms with van der Waals surface area (Å²) >= 11 is 6.41. The van der Waals surface area contributed by atoms with Gasteiger partial charge in [0, 0.05) is 50.9 Å². The summed E-state index contributed by atoms with van der Waals surface area (Å²) in [4.78, 5) is 17.6. The van der Waals surface area contributed by atoms with Gasteiger partial charge in [0.1, 0.15) is 22.2 Å². The number of hydrogen-bond acceptors (Lipinski definition) is 5. The Labute approximate surface area is 181 Å². The van der Waals surface area contributed by atoms with Crippen molar-refractivity contribution < 1.29 is 9.32 Å². The number of aryl methyl sites for hydroxylation is 3. The summed E-state index contributed by atoms with van der Waals surface area (Å²) in [6, 6.07) is 9.69. The molecule has 4 rings (SSSR count). The molecule has 1 fully saturated rings. The molecular weight excluding hydrogens is 402 g/mol. The Morgan fingerprint density at radius 3 is 2.60 bits per heavy atom. The number of nitrogens with zero attached hydrogens (tertiary/aromatic N) is 5. The summed E-state index contributed by atoms with van der Waals surface area (Å²) in [5.41, 5.74) is 4.06. The van der Waals surface area contributed by atoms with Crippen molar-refractivity contribution in [2.24, 2.45) is 7.05 Å². The fourth-order valence-corrected chi connectivity index (χ4v) is 4.22. The summed E-state index contributed by atoms with van der Waals surface area (Å²) in [5, 5.41) is 9.24. The van der Waals surface area contributed by atoms with Gasteiger partial charge in [-0.2, -0.15) is 5.10 Å². The predicted octanol–water partition coefficient (Wildman–Crippen LogP) is 3.69. The van der Waals surface area contributed by atoms with Crippen LogP contribution in [0, 0.1) is 13.8 Å². The summed E-state index contributed by atoms with van der Waals surface area (Å²) in [6.07, 6.45) is 0.896. The number of hydrogen-bond donors (Lipinski definition) is 0. The van der Waals surface area contributed by atoms with Gasteiger partial charge in [0.15, 0.2) is 0 Å². The molecule has 158 valence electrons. The molecule has 2 aromatic heterocycles. The van der Waals surface area contributed by atoms with Crippen LogP contribution >= 0.6 is 11.6 Å². The zero-order valence-electron chi connectivity index (χ0n) is 17.6. The molecule has 1 aliphatic rings. The average molecular weight is 428 g/mol. The summed E-state index contributed by atoms with van der Waals surface area (Å²) in [5.74, 6) is 0.530. The van der Waals surface area contributed by atoms with E-state index in [-0.39, 0.29) is 5.91 Å². The van der Waals surface area contributed by atoms with Gasteiger partial charge in [-0.15, -0.1) is 0 Å². The molecule has 0 N–H and O–H groups in total.